The third-order valence-corrected chi connectivity index (χ3v) is 7.22. The largest absolute Gasteiger partial charge is 0.343 e. The smallest absolute Gasteiger partial charge is 0.337 e. The maximum Gasteiger partial charge on any atom is 0.337 e. The zero-order valence-electron chi connectivity index (χ0n) is 19.1. The second-order valence-electron chi connectivity index (χ2n) is 8.92. The number of aromatic amines is 1. The van der Waals surface area contributed by atoms with Crippen LogP contribution in [0.1, 0.15) is 51.3 Å². The molecule has 0 amide bonds. The molecule has 3 aromatic rings. The fourth-order valence-corrected chi connectivity index (χ4v) is 5.58. The Bertz CT molecular complexity index is 1260. The molecule has 3 aromatic heterocycles. The summed E-state index contributed by atoms with van der Waals surface area (Å²) in [6.45, 7) is 5.90. The number of rotatable bonds is 5. The summed E-state index contributed by atoms with van der Waals surface area (Å²) < 4.78 is 3.27. The first-order valence-electron chi connectivity index (χ1n) is 11.7. The minimum Gasteiger partial charge on any atom is -0.343 e. The molecule has 2 aliphatic heterocycles. The first-order valence-corrected chi connectivity index (χ1v) is 11.7. The summed E-state index contributed by atoms with van der Waals surface area (Å²) in [5.41, 5.74) is 0.599. The Kier molecular flexibility index (Phi) is 5.61. The lowest BCUT2D eigenvalue weighted by molar-refractivity contribution is 0.0990. The second-order valence-corrected chi connectivity index (χ2v) is 8.92. The monoisotopic (exact) mass is 450 g/mol. The average Bonchev–Trinajstić information content (AvgIpc) is 3.33. The van der Waals surface area contributed by atoms with Gasteiger partial charge in [0.15, 0.2) is 11.2 Å². The van der Waals surface area contributed by atoms with Crippen LogP contribution in [0.3, 0.4) is 0 Å². The molecule has 5 heterocycles. The third kappa shape index (κ3) is 3.68. The van der Waals surface area contributed by atoms with E-state index >= 15 is 0 Å². The Morgan fingerprint density at radius 2 is 1.85 bits per heavy atom. The van der Waals surface area contributed by atoms with Gasteiger partial charge in [-0.2, -0.15) is 0 Å². The number of hydrogen-bond donors (Lipinski definition) is 2. The molecule has 0 saturated carbocycles. The zero-order valence-corrected chi connectivity index (χ0v) is 19.1. The molecule has 2 fully saturated rings. The summed E-state index contributed by atoms with van der Waals surface area (Å²) in [6.07, 6.45) is 7.59. The van der Waals surface area contributed by atoms with E-state index in [0.29, 0.717) is 30.8 Å². The molecule has 33 heavy (non-hydrogen) atoms. The van der Waals surface area contributed by atoms with Crippen LogP contribution in [0.5, 0.6) is 0 Å². The highest BCUT2D eigenvalue weighted by Gasteiger charge is 2.42. The average molecular weight is 451 g/mol. The van der Waals surface area contributed by atoms with E-state index in [1.54, 1.807) is 11.2 Å². The number of hydrogen-bond acceptors (Lipinski definition) is 6. The molecule has 0 radical (unpaired) electrons. The molecule has 10 nitrogen and oxygen atoms in total. The van der Waals surface area contributed by atoms with Crippen LogP contribution < -0.4 is 11.2 Å². The van der Waals surface area contributed by atoms with Crippen molar-refractivity contribution >= 4 is 17.1 Å². The lowest BCUT2D eigenvalue weighted by Crippen LogP contribution is -2.45. The molecular formula is C23H30N8O2. The van der Waals surface area contributed by atoms with Crippen molar-refractivity contribution in [1.82, 2.24) is 33.9 Å². The fourth-order valence-electron chi connectivity index (χ4n) is 5.58. The van der Waals surface area contributed by atoms with E-state index in [9.17, 15) is 9.59 Å². The van der Waals surface area contributed by atoms with Gasteiger partial charge in [-0.25, -0.2) is 14.3 Å². The van der Waals surface area contributed by atoms with Gasteiger partial charge in [-0.3, -0.25) is 25.1 Å². The van der Waals surface area contributed by atoms with Crippen molar-refractivity contribution < 1.29 is 0 Å². The lowest BCUT2D eigenvalue weighted by Gasteiger charge is -2.39. The summed E-state index contributed by atoms with van der Waals surface area (Å²) in [5, 5.41) is 8.69. The Hall–Kier alpha value is -3.27. The Balaban J connectivity index is 1.51. The molecule has 10 heteroatoms. The molecule has 0 spiro atoms. The maximum atomic E-state index is 12.8. The molecule has 2 unspecified atom stereocenters. The van der Waals surface area contributed by atoms with Crippen LogP contribution in [0.15, 0.2) is 40.3 Å². The molecular weight excluding hydrogens is 420 g/mol. The van der Waals surface area contributed by atoms with Crippen molar-refractivity contribution in [2.45, 2.75) is 64.2 Å². The molecule has 2 atom stereocenters. The van der Waals surface area contributed by atoms with Crippen LogP contribution in [-0.4, -0.2) is 65.0 Å². The summed E-state index contributed by atoms with van der Waals surface area (Å²) in [6, 6.07) is 6.97. The first-order chi connectivity index (χ1) is 16.0. The van der Waals surface area contributed by atoms with Gasteiger partial charge in [-0.1, -0.05) is 6.07 Å². The summed E-state index contributed by atoms with van der Waals surface area (Å²) in [4.78, 5) is 40.9. The van der Waals surface area contributed by atoms with Crippen LogP contribution in [0, 0.1) is 5.41 Å². The van der Waals surface area contributed by atoms with Crippen molar-refractivity contribution in [1.29, 1.82) is 5.41 Å². The maximum absolute atomic E-state index is 12.8. The van der Waals surface area contributed by atoms with Gasteiger partial charge >= 0.3 is 5.69 Å². The van der Waals surface area contributed by atoms with Crippen LogP contribution in [0.4, 0.5) is 0 Å². The van der Waals surface area contributed by atoms with Crippen LogP contribution in [-0.2, 0) is 6.54 Å². The molecule has 5 rings (SSSR count). The quantitative estimate of drug-likeness (QED) is 0.452. The molecule has 2 aliphatic rings. The van der Waals surface area contributed by atoms with Crippen LogP contribution in [0.25, 0.3) is 11.2 Å². The highest BCUT2D eigenvalue weighted by atomic mass is 16.2. The third-order valence-electron chi connectivity index (χ3n) is 7.22. The van der Waals surface area contributed by atoms with E-state index in [-0.39, 0.29) is 17.5 Å². The summed E-state index contributed by atoms with van der Waals surface area (Å²) in [5.74, 6) is 0.0589. The summed E-state index contributed by atoms with van der Waals surface area (Å²) >= 11 is 0. The van der Waals surface area contributed by atoms with Crippen molar-refractivity contribution in [3.8, 4) is 0 Å². The standard InChI is InChI=1S/C23H30N8O2/c1-3-28(4-2)22(24)31-21-19(20(32)27-23(31)33)26-14-30(21)18-11-16-8-9-17(12-18)29(16)13-15-7-5-6-10-25-15/h5-7,10,14,16-18,24H,3-4,8-9,11-13H2,1-2H3,(H,27,32,33). The van der Waals surface area contributed by atoms with Gasteiger partial charge in [-0.15, -0.1) is 0 Å². The molecule has 0 aromatic carbocycles. The summed E-state index contributed by atoms with van der Waals surface area (Å²) in [7, 11) is 0. The van der Waals surface area contributed by atoms with E-state index in [1.165, 1.54) is 4.57 Å². The number of H-pyrrole nitrogens is 1. The van der Waals surface area contributed by atoms with Crippen LogP contribution >= 0.6 is 0 Å². The van der Waals surface area contributed by atoms with Gasteiger partial charge in [0.05, 0.1) is 12.0 Å². The molecule has 2 bridgehead atoms. The van der Waals surface area contributed by atoms with E-state index in [0.717, 1.165) is 37.9 Å². The number of fused-ring (bicyclic) bond motifs is 3. The number of nitrogens with one attached hydrogen (secondary N) is 2. The highest BCUT2D eigenvalue weighted by Crippen LogP contribution is 2.42. The lowest BCUT2D eigenvalue weighted by atomic mass is 9.96. The normalized spacial score (nSPS) is 22.7. The minimum atomic E-state index is -0.596. The molecule has 0 aliphatic carbocycles. The Morgan fingerprint density at radius 3 is 2.48 bits per heavy atom. The van der Waals surface area contributed by atoms with Gasteiger partial charge in [0, 0.05) is 44.0 Å². The Labute approximate surface area is 191 Å². The van der Waals surface area contributed by atoms with E-state index in [4.69, 9.17) is 5.41 Å². The van der Waals surface area contributed by atoms with Gasteiger partial charge in [0.2, 0.25) is 5.96 Å². The number of piperidine rings is 1. The SMILES string of the molecule is CCN(CC)C(=N)n1c(=O)[nH]c(=O)c2ncn(C3CC4CCC(C3)N4Cc3ccccn3)c21. The van der Waals surface area contributed by atoms with Crippen molar-refractivity contribution in [3.63, 3.8) is 0 Å². The number of pyridine rings is 1. The van der Waals surface area contributed by atoms with Gasteiger partial charge < -0.3 is 9.47 Å². The van der Waals surface area contributed by atoms with Crippen molar-refractivity contribution in [2.24, 2.45) is 0 Å². The number of imidazole rings is 1. The van der Waals surface area contributed by atoms with Gasteiger partial charge in [0.1, 0.15) is 0 Å². The topological polar surface area (TPSA) is 116 Å². The molecule has 2 saturated heterocycles. The van der Waals surface area contributed by atoms with Crippen LogP contribution in [0.2, 0.25) is 0 Å². The van der Waals surface area contributed by atoms with Crippen molar-refractivity contribution in [3.05, 3.63) is 57.3 Å². The zero-order chi connectivity index (χ0) is 23.1. The van der Waals surface area contributed by atoms with E-state index in [1.807, 2.05) is 36.7 Å². The predicted molar refractivity (Wildman–Crippen MR) is 126 cm³/mol. The number of nitrogens with zero attached hydrogens (tertiary/aromatic N) is 6. The molecule has 2 N–H and O–H groups in total. The predicted octanol–water partition coefficient (Wildman–Crippen LogP) is 1.77. The highest BCUT2D eigenvalue weighted by molar-refractivity contribution is 5.87. The van der Waals surface area contributed by atoms with Gasteiger partial charge in [-0.05, 0) is 51.7 Å². The van der Waals surface area contributed by atoms with Crippen molar-refractivity contribution in [2.75, 3.05) is 13.1 Å². The fraction of sp³-hybridized carbons (Fsp3) is 0.522. The minimum absolute atomic E-state index is 0.0589. The van der Waals surface area contributed by atoms with E-state index < -0.39 is 11.2 Å². The first kappa shape index (κ1) is 21.6. The second kappa shape index (κ2) is 8.58. The Morgan fingerprint density at radius 1 is 1.12 bits per heavy atom. The molecule has 174 valence electrons. The number of aromatic nitrogens is 5. The van der Waals surface area contributed by atoms with E-state index in [2.05, 4.69) is 25.9 Å². The van der Waals surface area contributed by atoms with Gasteiger partial charge in [0.25, 0.3) is 5.56 Å².